The van der Waals surface area contributed by atoms with Gasteiger partial charge < -0.3 is 5.73 Å². The first-order valence-corrected chi connectivity index (χ1v) is 6.72. The van der Waals surface area contributed by atoms with Gasteiger partial charge >= 0.3 is 12.2 Å². The van der Waals surface area contributed by atoms with Gasteiger partial charge in [0.25, 0.3) is 0 Å². The highest BCUT2D eigenvalue weighted by Gasteiger charge is 2.44. The molecule has 0 saturated heterocycles. The number of anilines is 2. The van der Waals surface area contributed by atoms with Crippen LogP contribution in [0, 0.1) is 0 Å². The van der Waals surface area contributed by atoms with E-state index >= 15 is 0 Å². The molecule has 2 aromatic carbocycles. The van der Waals surface area contributed by atoms with E-state index in [9.17, 15) is 18.0 Å². The number of amides is 2. The molecule has 1 unspecified atom stereocenters. The number of hydrogen-bond donors (Lipinski definition) is 1. The van der Waals surface area contributed by atoms with Crippen molar-refractivity contribution >= 4 is 17.4 Å². The molecule has 3 rings (SSSR count). The first kappa shape index (κ1) is 14.4. The zero-order valence-electron chi connectivity index (χ0n) is 11.5. The largest absolute Gasteiger partial charge is 0.396 e. The Morgan fingerprint density at radius 1 is 1.05 bits per heavy atom. The number of alkyl halides is 3. The van der Waals surface area contributed by atoms with Crippen LogP contribution in [-0.4, -0.2) is 12.2 Å². The Morgan fingerprint density at radius 2 is 1.64 bits per heavy atom. The third-order valence-corrected chi connectivity index (χ3v) is 3.83. The molecule has 1 aliphatic heterocycles. The number of primary amides is 1. The molecule has 2 amide bonds. The Morgan fingerprint density at radius 3 is 2.27 bits per heavy atom. The molecular formula is C16H13F3N2O. The summed E-state index contributed by atoms with van der Waals surface area (Å²) < 4.78 is 40.5. The third kappa shape index (κ3) is 2.30. The number of carbonyl (C=O) groups is 1. The lowest BCUT2D eigenvalue weighted by Gasteiger charge is -2.24. The number of nitrogens with zero attached hydrogens (tertiary/aromatic N) is 1. The zero-order chi connectivity index (χ0) is 15.9. The Hall–Kier alpha value is -2.50. The molecule has 1 aliphatic rings. The van der Waals surface area contributed by atoms with Crippen molar-refractivity contribution in [3.05, 3.63) is 59.7 Å². The van der Waals surface area contributed by atoms with Gasteiger partial charge in [0.2, 0.25) is 0 Å². The van der Waals surface area contributed by atoms with Crippen molar-refractivity contribution in [3.63, 3.8) is 0 Å². The second-order valence-electron chi connectivity index (χ2n) is 5.16. The number of halogens is 3. The molecule has 1 atom stereocenters. The van der Waals surface area contributed by atoms with Crippen molar-refractivity contribution in [1.82, 2.24) is 0 Å². The number of nitrogens with two attached hydrogens (primary N) is 1. The summed E-state index contributed by atoms with van der Waals surface area (Å²) >= 11 is 0. The number of para-hydroxylation sites is 2. The summed E-state index contributed by atoms with van der Waals surface area (Å²) in [6.07, 6.45) is -4.63. The summed E-state index contributed by atoms with van der Waals surface area (Å²) in [6, 6.07) is 11.7. The fourth-order valence-corrected chi connectivity index (χ4v) is 2.88. The van der Waals surface area contributed by atoms with Crippen LogP contribution in [0.25, 0.3) is 0 Å². The SMILES string of the molecule is NC(=O)N1c2ccccc2CC(C(F)(F)F)c2ccccc21. The molecule has 1 heterocycles. The molecule has 0 aromatic heterocycles. The van der Waals surface area contributed by atoms with Crippen molar-refractivity contribution in [1.29, 1.82) is 0 Å². The molecule has 0 radical (unpaired) electrons. The summed E-state index contributed by atoms with van der Waals surface area (Å²) in [5, 5.41) is 0. The van der Waals surface area contributed by atoms with E-state index in [-0.39, 0.29) is 17.7 Å². The minimum Gasteiger partial charge on any atom is -0.351 e. The molecule has 22 heavy (non-hydrogen) atoms. The van der Waals surface area contributed by atoms with Crippen LogP contribution in [0.2, 0.25) is 0 Å². The van der Waals surface area contributed by atoms with Gasteiger partial charge in [0.05, 0.1) is 17.3 Å². The van der Waals surface area contributed by atoms with E-state index in [2.05, 4.69) is 0 Å². The van der Waals surface area contributed by atoms with Crippen LogP contribution in [0.3, 0.4) is 0 Å². The maximum atomic E-state index is 13.5. The first-order valence-electron chi connectivity index (χ1n) is 6.72. The van der Waals surface area contributed by atoms with Gasteiger partial charge in [-0.1, -0.05) is 36.4 Å². The van der Waals surface area contributed by atoms with Crippen molar-refractivity contribution in [2.45, 2.75) is 18.5 Å². The summed E-state index contributed by atoms with van der Waals surface area (Å²) in [6.45, 7) is 0. The standard InChI is InChI=1S/C16H13F3N2O/c17-16(18,19)12-9-10-5-1-3-7-13(10)21(15(20)22)14-8-4-2-6-11(12)14/h1-8,12H,9H2,(H2,20,22). The second kappa shape index (κ2) is 5.05. The maximum absolute atomic E-state index is 13.5. The highest BCUT2D eigenvalue weighted by Crippen LogP contribution is 2.46. The van der Waals surface area contributed by atoms with Crippen LogP contribution >= 0.6 is 0 Å². The number of carbonyl (C=O) groups excluding carboxylic acids is 1. The Labute approximate surface area is 125 Å². The minimum absolute atomic E-state index is 0.0602. The second-order valence-corrected chi connectivity index (χ2v) is 5.16. The molecule has 0 bridgehead atoms. The predicted molar refractivity (Wildman–Crippen MR) is 77.1 cm³/mol. The summed E-state index contributed by atoms with van der Waals surface area (Å²) in [5.41, 5.74) is 6.51. The lowest BCUT2D eigenvalue weighted by atomic mass is 9.91. The van der Waals surface area contributed by atoms with E-state index in [0.717, 1.165) is 4.90 Å². The van der Waals surface area contributed by atoms with Gasteiger partial charge in [-0.3, -0.25) is 4.90 Å². The maximum Gasteiger partial charge on any atom is 0.396 e. The summed E-state index contributed by atoms with van der Waals surface area (Å²) in [4.78, 5) is 13.0. The van der Waals surface area contributed by atoms with Gasteiger partial charge in [0.15, 0.2) is 0 Å². The molecule has 0 aliphatic carbocycles. The van der Waals surface area contributed by atoms with Gasteiger partial charge in [-0.25, -0.2) is 4.79 Å². The van der Waals surface area contributed by atoms with Crippen LogP contribution in [0.4, 0.5) is 29.3 Å². The molecule has 0 spiro atoms. The van der Waals surface area contributed by atoms with Crippen molar-refractivity contribution < 1.29 is 18.0 Å². The Kier molecular flexibility index (Phi) is 3.31. The molecule has 114 valence electrons. The van der Waals surface area contributed by atoms with E-state index < -0.39 is 18.1 Å². The lowest BCUT2D eigenvalue weighted by Crippen LogP contribution is -2.32. The number of benzene rings is 2. The van der Waals surface area contributed by atoms with Crippen LogP contribution in [0.5, 0.6) is 0 Å². The van der Waals surface area contributed by atoms with Crippen LogP contribution in [0.1, 0.15) is 17.0 Å². The van der Waals surface area contributed by atoms with E-state index in [4.69, 9.17) is 5.73 Å². The van der Waals surface area contributed by atoms with Crippen LogP contribution < -0.4 is 10.6 Å². The molecule has 3 nitrogen and oxygen atoms in total. The van der Waals surface area contributed by atoms with E-state index in [1.807, 2.05) is 0 Å². The normalized spacial score (nSPS) is 17.4. The first-order chi connectivity index (χ1) is 10.4. The fourth-order valence-electron chi connectivity index (χ4n) is 2.88. The average molecular weight is 306 g/mol. The molecule has 0 fully saturated rings. The number of urea groups is 1. The summed E-state index contributed by atoms with van der Waals surface area (Å²) in [7, 11) is 0. The highest BCUT2D eigenvalue weighted by atomic mass is 19.4. The van der Waals surface area contributed by atoms with E-state index in [1.165, 1.54) is 18.2 Å². The van der Waals surface area contributed by atoms with Gasteiger partial charge in [-0.2, -0.15) is 13.2 Å². The number of hydrogen-bond acceptors (Lipinski definition) is 1. The van der Waals surface area contributed by atoms with Crippen LogP contribution in [-0.2, 0) is 6.42 Å². The minimum atomic E-state index is -4.41. The topological polar surface area (TPSA) is 46.3 Å². The molecule has 6 heteroatoms. The zero-order valence-corrected chi connectivity index (χ0v) is 11.5. The van der Waals surface area contributed by atoms with E-state index in [1.54, 1.807) is 30.3 Å². The number of fused-ring (bicyclic) bond motifs is 2. The molecule has 2 N–H and O–H groups in total. The Bertz CT molecular complexity index is 727. The van der Waals surface area contributed by atoms with Crippen molar-refractivity contribution in [2.24, 2.45) is 5.73 Å². The van der Waals surface area contributed by atoms with Crippen molar-refractivity contribution in [2.75, 3.05) is 4.90 Å². The summed E-state index contributed by atoms with van der Waals surface area (Å²) in [5.74, 6) is -1.67. The number of rotatable bonds is 0. The van der Waals surface area contributed by atoms with Gasteiger partial charge in [0, 0.05) is 0 Å². The van der Waals surface area contributed by atoms with E-state index in [0.29, 0.717) is 11.3 Å². The predicted octanol–water partition coefficient (Wildman–Crippen LogP) is 4.11. The van der Waals surface area contributed by atoms with Gasteiger partial charge in [0.1, 0.15) is 0 Å². The molecule has 2 aromatic rings. The van der Waals surface area contributed by atoms with Gasteiger partial charge in [-0.15, -0.1) is 0 Å². The molecular weight excluding hydrogens is 293 g/mol. The Balaban J connectivity index is 2.30. The lowest BCUT2D eigenvalue weighted by molar-refractivity contribution is -0.150. The van der Waals surface area contributed by atoms with Crippen LogP contribution in [0.15, 0.2) is 48.5 Å². The average Bonchev–Trinajstić information content (AvgIpc) is 2.60. The quantitative estimate of drug-likeness (QED) is 0.782. The van der Waals surface area contributed by atoms with Crippen molar-refractivity contribution in [3.8, 4) is 0 Å². The molecule has 0 saturated carbocycles. The highest BCUT2D eigenvalue weighted by molar-refractivity contribution is 6.00. The smallest absolute Gasteiger partial charge is 0.351 e. The monoisotopic (exact) mass is 306 g/mol. The van der Waals surface area contributed by atoms with Gasteiger partial charge in [-0.05, 0) is 29.7 Å². The third-order valence-electron chi connectivity index (χ3n) is 3.83. The fraction of sp³-hybridized carbons (Fsp3) is 0.188.